The minimum absolute atomic E-state index is 0.172. The number of nitrogens with one attached hydrogen (secondary N) is 1. The van der Waals surface area contributed by atoms with Crippen molar-refractivity contribution in [1.82, 2.24) is 5.32 Å². The molecule has 0 aromatic heterocycles. The van der Waals surface area contributed by atoms with Gasteiger partial charge in [-0.3, -0.25) is 4.79 Å². The van der Waals surface area contributed by atoms with Crippen molar-refractivity contribution in [2.45, 2.75) is 38.1 Å². The number of alkyl halides is 1. The number of amides is 1. The first kappa shape index (κ1) is 14.3. The van der Waals surface area contributed by atoms with Crippen LogP contribution in [0.1, 0.15) is 43.0 Å². The molecule has 0 aliphatic heterocycles. The van der Waals surface area contributed by atoms with Crippen molar-refractivity contribution in [3.05, 3.63) is 35.6 Å². The number of halogens is 2. The zero-order valence-corrected chi connectivity index (χ0v) is 11.8. The molecule has 0 bridgehead atoms. The van der Waals surface area contributed by atoms with Crippen molar-refractivity contribution in [3.63, 3.8) is 0 Å². The Morgan fingerprint density at radius 1 is 1.47 bits per heavy atom. The van der Waals surface area contributed by atoms with Gasteiger partial charge in [-0.1, -0.05) is 19.8 Å². The molecule has 1 aromatic rings. The maximum absolute atomic E-state index is 12.8. The Kier molecular flexibility index (Phi) is 4.46. The van der Waals surface area contributed by atoms with E-state index >= 15 is 0 Å². The molecule has 1 aliphatic carbocycles. The fourth-order valence-electron chi connectivity index (χ4n) is 2.84. The Labute approximate surface area is 118 Å². The van der Waals surface area contributed by atoms with E-state index in [0.29, 0.717) is 17.4 Å². The van der Waals surface area contributed by atoms with Crippen molar-refractivity contribution in [1.29, 1.82) is 0 Å². The highest BCUT2D eigenvalue weighted by Gasteiger charge is 2.35. The highest BCUT2D eigenvalue weighted by atomic mass is 35.5. The van der Waals surface area contributed by atoms with Crippen LogP contribution >= 0.6 is 11.6 Å². The maximum Gasteiger partial charge on any atom is 0.251 e. The molecule has 0 radical (unpaired) electrons. The number of hydrogen-bond donors (Lipinski definition) is 1. The summed E-state index contributed by atoms with van der Waals surface area (Å²) in [5, 5.41) is 3.05. The molecule has 1 fully saturated rings. The van der Waals surface area contributed by atoms with Crippen LogP contribution in [-0.2, 0) is 0 Å². The first-order valence-corrected chi connectivity index (χ1v) is 7.22. The molecule has 2 atom stereocenters. The molecule has 19 heavy (non-hydrogen) atoms. The number of benzene rings is 1. The summed E-state index contributed by atoms with van der Waals surface area (Å²) in [6.07, 6.45) is 4.08. The van der Waals surface area contributed by atoms with E-state index in [-0.39, 0.29) is 17.3 Å². The summed E-state index contributed by atoms with van der Waals surface area (Å²) in [5.41, 5.74) is 0.161. The zero-order chi connectivity index (χ0) is 13.9. The summed E-state index contributed by atoms with van der Waals surface area (Å²) in [4.78, 5) is 12.2. The van der Waals surface area contributed by atoms with E-state index in [0.717, 1.165) is 19.3 Å². The van der Waals surface area contributed by atoms with Gasteiger partial charge in [0.1, 0.15) is 5.82 Å². The predicted molar refractivity (Wildman–Crippen MR) is 74.9 cm³/mol. The number of carbonyl (C=O) groups is 1. The minimum Gasteiger partial charge on any atom is -0.345 e. The van der Waals surface area contributed by atoms with E-state index in [1.807, 2.05) is 0 Å². The lowest BCUT2D eigenvalue weighted by Gasteiger charge is -2.39. The molecule has 2 unspecified atom stereocenters. The molecule has 0 spiro atoms. The topological polar surface area (TPSA) is 29.1 Å². The molecule has 2 rings (SSSR count). The summed E-state index contributed by atoms with van der Waals surface area (Å²) in [5.74, 6) is 0.482. The predicted octanol–water partition coefficient (Wildman–Crippen LogP) is 3.74. The summed E-state index contributed by atoms with van der Waals surface area (Å²) in [6, 6.07) is 5.59. The number of rotatable bonds is 3. The van der Waals surface area contributed by atoms with Gasteiger partial charge < -0.3 is 5.32 Å². The third-order valence-electron chi connectivity index (χ3n) is 3.83. The van der Waals surface area contributed by atoms with Crippen LogP contribution < -0.4 is 5.32 Å². The second-order valence-corrected chi connectivity index (χ2v) is 5.84. The second kappa shape index (κ2) is 5.91. The van der Waals surface area contributed by atoms with Crippen molar-refractivity contribution in [2.75, 3.05) is 5.88 Å². The molecule has 4 heteroatoms. The van der Waals surface area contributed by atoms with Crippen LogP contribution in [-0.4, -0.2) is 17.3 Å². The first-order valence-electron chi connectivity index (χ1n) is 6.69. The number of carbonyl (C=O) groups excluding carboxylic acids is 1. The molecule has 0 saturated heterocycles. The first-order chi connectivity index (χ1) is 9.04. The Morgan fingerprint density at radius 3 is 2.74 bits per heavy atom. The molecule has 2 nitrogen and oxygen atoms in total. The van der Waals surface area contributed by atoms with Gasteiger partial charge in [-0.2, -0.15) is 0 Å². The van der Waals surface area contributed by atoms with Gasteiger partial charge in [-0.15, -0.1) is 11.6 Å². The SMILES string of the molecule is CC1CCCC(CCl)(NC(=O)c2ccc(F)cc2)C1. The molecular weight excluding hydrogens is 265 g/mol. The fraction of sp³-hybridized carbons (Fsp3) is 0.533. The average molecular weight is 284 g/mol. The van der Waals surface area contributed by atoms with Gasteiger partial charge in [0.25, 0.3) is 5.91 Å². The van der Waals surface area contributed by atoms with Crippen LogP contribution in [0.15, 0.2) is 24.3 Å². The van der Waals surface area contributed by atoms with Gasteiger partial charge in [0.05, 0.1) is 5.54 Å². The van der Waals surface area contributed by atoms with E-state index in [1.54, 1.807) is 0 Å². The molecule has 1 N–H and O–H groups in total. The van der Waals surface area contributed by atoms with Crippen LogP contribution in [0.25, 0.3) is 0 Å². The van der Waals surface area contributed by atoms with Crippen molar-refractivity contribution < 1.29 is 9.18 Å². The van der Waals surface area contributed by atoms with Crippen LogP contribution in [0.2, 0.25) is 0 Å². The molecular formula is C15H19ClFNO. The van der Waals surface area contributed by atoms with Crippen LogP contribution in [0.4, 0.5) is 4.39 Å². The van der Waals surface area contributed by atoms with Crippen molar-refractivity contribution in [2.24, 2.45) is 5.92 Å². The summed E-state index contributed by atoms with van der Waals surface area (Å²) >= 11 is 6.08. The van der Waals surface area contributed by atoms with Gasteiger partial charge >= 0.3 is 0 Å². The molecule has 0 heterocycles. The van der Waals surface area contributed by atoms with E-state index < -0.39 is 0 Å². The minimum atomic E-state index is -0.338. The van der Waals surface area contributed by atoms with Gasteiger partial charge in [-0.05, 0) is 43.0 Å². The molecule has 1 saturated carbocycles. The smallest absolute Gasteiger partial charge is 0.251 e. The molecule has 1 aliphatic rings. The van der Waals surface area contributed by atoms with Gasteiger partial charge in [0, 0.05) is 11.4 Å². The standard InChI is InChI=1S/C15H19ClFNO/c1-11-3-2-8-15(9-11,10-16)18-14(19)12-4-6-13(17)7-5-12/h4-7,11H,2-3,8-10H2,1H3,(H,18,19). The monoisotopic (exact) mass is 283 g/mol. The summed E-state index contributed by atoms with van der Waals surface area (Å²) < 4.78 is 12.8. The molecule has 104 valence electrons. The highest BCUT2D eigenvalue weighted by Crippen LogP contribution is 2.33. The molecule has 1 aromatic carbocycles. The fourth-order valence-corrected chi connectivity index (χ4v) is 3.15. The number of hydrogen-bond acceptors (Lipinski definition) is 1. The Balaban J connectivity index is 2.09. The van der Waals surface area contributed by atoms with Gasteiger partial charge in [0.15, 0.2) is 0 Å². The second-order valence-electron chi connectivity index (χ2n) is 5.58. The van der Waals surface area contributed by atoms with Gasteiger partial charge in [-0.25, -0.2) is 4.39 Å². The summed E-state index contributed by atoms with van der Waals surface area (Å²) in [7, 11) is 0. The van der Waals surface area contributed by atoms with Gasteiger partial charge in [0.2, 0.25) is 0 Å². The van der Waals surface area contributed by atoms with E-state index in [4.69, 9.17) is 11.6 Å². The maximum atomic E-state index is 12.8. The van der Waals surface area contributed by atoms with Crippen molar-refractivity contribution in [3.8, 4) is 0 Å². The Bertz CT molecular complexity index is 448. The third kappa shape index (κ3) is 3.47. The lowest BCUT2D eigenvalue weighted by Crippen LogP contribution is -2.52. The molecule has 1 amide bonds. The zero-order valence-electron chi connectivity index (χ0n) is 11.1. The quantitative estimate of drug-likeness (QED) is 0.841. The lowest BCUT2D eigenvalue weighted by molar-refractivity contribution is 0.0867. The van der Waals surface area contributed by atoms with E-state index in [2.05, 4.69) is 12.2 Å². The lowest BCUT2D eigenvalue weighted by atomic mass is 9.77. The van der Waals surface area contributed by atoms with Crippen LogP contribution in [0.5, 0.6) is 0 Å². The van der Waals surface area contributed by atoms with Crippen LogP contribution in [0, 0.1) is 11.7 Å². The normalized spacial score (nSPS) is 27.0. The Hall–Kier alpha value is -1.09. The summed E-state index contributed by atoms with van der Waals surface area (Å²) in [6.45, 7) is 2.19. The largest absolute Gasteiger partial charge is 0.345 e. The van der Waals surface area contributed by atoms with Crippen molar-refractivity contribution >= 4 is 17.5 Å². The highest BCUT2D eigenvalue weighted by molar-refractivity contribution is 6.19. The Morgan fingerprint density at radius 2 is 2.16 bits per heavy atom. The van der Waals surface area contributed by atoms with Crippen LogP contribution in [0.3, 0.4) is 0 Å². The average Bonchev–Trinajstić information content (AvgIpc) is 2.39. The van der Waals surface area contributed by atoms with E-state index in [9.17, 15) is 9.18 Å². The third-order valence-corrected chi connectivity index (χ3v) is 4.34. The van der Waals surface area contributed by atoms with E-state index in [1.165, 1.54) is 30.7 Å².